The van der Waals surface area contributed by atoms with Crippen molar-refractivity contribution in [2.45, 2.75) is 26.3 Å². The number of rotatable bonds is 6. The Kier molecular flexibility index (Phi) is 5.31. The van der Waals surface area contributed by atoms with E-state index in [2.05, 4.69) is 10.6 Å². The molecule has 26 heavy (non-hydrogen) atoms. The Morgan fingerprint density at radius 2 is 1.88 bits per heavy atom. The minimum Gasteiger partial charge on any atom is -0.505 e. The Hall–Kier alpha value is -3.34. The SMILES string of the molecule is CC[C@@H](C)Nc1c(Nc2cc(C#N)cc(C(=O)N(C)C)c2O)c(=O)c1=O. The number of amides is 1. The van der Waals surface area contributed by atoms with Gasteiger partial charge in [0.1, 0.15) is 11.4 Å². The minimum absolute atomic E-state index is 0.00365. The number of carbonyl (C=O) groups excluding carboxylic acids is 1. The number of aromatic hydroxyl groups is 1. The molecular formula is C18H20N4O4. The van der Waals surface area contributed by atoms with Gasteiger partial charge in [-0.3, -0.25) is 14.4 Å². The number of hydrogen-bond donors (Lipinski definition) is 3. The highest BCUT2D eigenvalue weighted by molar-refractivity contribution is 5.99. The summed E-state index contributed by atoms with van der Waals surface area (Å²) in [5.74, 6) is -0.893. The molecule has 0 bridgehead atoms. The van der Waals surface area contributed by atoms with Crippen LogP contribution in [0.4, 0.5) is 17.1 Å². The van der Waals surface area contributed by atoms with Crippen LogP contribution in [0.25, 0.3) is 0 Å². The van der Waals surface area contributed by atoms with Crippen LogP contribution in [0.2, 0.25) is 0 Å². The molecule has 136 valence electrons. The van der Waals surface area contributed by atoms with Gasteiger partial charge in [-0.2, -0.15) is 5.26 Å². The second-order valence-corrected chi connectivity index (χ2v) is 6.22. The molecular weight excluding hydrogens is 336 g/mol. The maximum atomic E-state index is 12.2. The van der Waals surface area contributed by atoms with Gasteiger partial charge in [-0.05, 0) is 25.5 Å². The largest absolute Gasteiger partial charge is 0.505 e. The lowest BCUT2D eigenvalue weighted by molar-refractivity contribution is 0.0824. The molecule has 0 spiro atoms. The summed E-state index contributed by atoms with van der Waals surface area (Å²) in [5.41, 5.74) is -1.17. The molecule has 0 saturated carbocycles. The Labute approximate surface area is 150 Å². The highest BCUT2D eigenvalue weighted by Gasteiger charge is 2.25. The molecule has 1 amide bonds. The highest BCUT2D eigenvalue weighted by Crippen LogP contribution is 2.33. The van der Waals surface area contributed by atoms with Crippen molar-refractivity contribution in [3.63, 3.8) is 0 Å². The number of nitriles is 1. The first-order valence-corrected chi connectivity index (χ1v) is 8.06. The fraction of sp³-hybridized carbons (Fsp3) is 0.333. The lowest BCUT2D eigenvalue weighted by Gasteiger charge is -2.20. The van der Waals surface area contributed by atoms with Gasteiger partial charge in [-0.1, -0.05) is 6.92 Å². The third kappa shape index (κ3) is 3.37. The van der Waals surface area contributed by atoms with Gasteiger partial charge >= 0.3 is 0 Å². The van der Waals surface area contributed by atoms with Crippen molar-refractivity contribution in [2.24, 2.45) is 0 Å². The number of phenols is 1. The van der Waals surface area contributed by atoms with Crippen LogP contribution >= 0.6 is 0 Å². The predicted molar refractivity (Wildman–Crippen MR) is 98.9 cm³/mol. The molecule has 2 aromatic rings. The number of nitrogens with zero attached hydrogens (tertiary/aromatic N) is 2. The Morgan fingerprint density at radius 3 is 2.42 bits per heavy atom. The molecule has 0 radical (unpaired) electrons. The summed E-state index contributed by atoms with van der Waals surface area (Å²) in [7, 11) is 3.03. The Balaban J connectivity index is 2.49. The number of nitrogens with one attached hydrogen (secondary N) is 2. The van der Waals surface area contributed by atoms with Crippen LogP contribution < -0.4 is 21.5 Å². The van der Waals surface area contributed by atoms with Crippen molar-refractivity contribution in [1.82, 2.24) is 4.90 Å². The van der Waals surface area contributed by atoms with Gasteiger partial charge in [0.25, 0.3) is 16.8 Å². The summed E-state index contributed by atoms with van der Waals surface area (Å²) >= 11 is 0. The van der Waals surface area contributed by atoms with Gasteiger partial charge in [0.05, 0.1) is 22.9 Å². The van der Waals surface area contributed by atoms with Crippen LogP contribution in [0.15, 0.2) is 21.7 Å². The van der Waals surface area contributed by atoms with Crippen molar-refractivity contribution < 1.29 is 9.90 Å². The van der Waals surface area contributed by atoms with Crippen molar-refractivity contribution in [1.29, 1.82) is 5.26 Å². The molecule has 8 heteroatoms. The number of phenolic OH excluding ortho intramolecular Hbond substituents is 1. The van der Waals surface area contributed by atoms with Crippen LogP contribution in [-0.2, 0) is 0 Å². The number of carbonyl (C=O) groups is 1. The molecule has 2 rings (SSSR count). The zero-order chi connectivity index (χ0) is 19.6. The van der Waals surface area contributed by atoms with E-state index in [4.69, 9.17) is 0 Å². The first kappa shape index (κ1) is 19.0. The zero-order valence-electron chi connectivity index (χ0n) is 15.0. The quantitative estimate of drug-likeness (QED) is 0.530. The molecule has 3 N–H and O–H groups in total. The van der Waals surface area contributed by atoms with E-state index in [1.807, 2.05) is 19.9 Å². The molecule has 0 fully saturated rings. The van der Waals surface area contributed by atoms with E-state index < -0.39 is 22.5 Å². The molecule has 0 aliphatic rings. The maximum Gasteiger partial charge on any atom is 0.257 e. The van der Waals surface area contributed by atoms with Gasteiger partial charge in [0.2, 0.25) is 0 Å². The van der Waals surface area contributed by atoms with Crippen molar-refractivity contribution in [2.75, 3.05) is 24.7 Å². The van der Waals surface area contributed by atoms with Crippen LogP contribution in [0.5, 0.6) is 5.75 Å². The summed E-state index contributed by atoms with van der Waals surface area (Å²) in [6, 6.07) is 4.46. The Bertz CT molecular complexity index is 965. The fourth-order valence-corrected chi connectivity index (χ4v) is 2.33. The third-order valence-electron chi connectivity index (χ3n) is 4.05. The first-order chi connectivity index (χ1) is 12.2. The van der Waals surface area contributed by atoms with Crippen molar-refractivity contribution >= 4 is 23.0 Å². The van der Waals surface area contributed by atoms with Crippen LogP contribution in [-0.4, -0.2) is 36.1 Å². The van der Waals surface area contributed by atoms with E-state index in [-0.39, 0.29) is 34.2 Å². The Morgan fingerprint density at radius 1 is 1.27 bits per heavy atom. The molecule has 1 atom stereocenters. The van der Waals surface area contributed by atoms with Crippen LogP contribution in [0, 0.1) is 11.3 Å². The molecule has 0 aromatic heterocycles. The normalized spacial score (nSPS) is 11.7. The molecule has 0 aliphatic heterocycles. The third-order valence-corrected chi connectivity index (χ3v) is 4.05. The molecule has 2 aromatic carbocycles. The van der Waals surface area contributed by atoms with Gasteiger partial charge in [-0.25, -0.2) is 0 Å². The van der Waals surface area contributed by atoms with E-state index in [0.29, 0.717) is 0 Å². The summed E-state index contributed by atoms with van der Waals surface area (Å²) in [5, 5.41) is 25.2. The summed E-state index contributed by atoms with van der Waals surface area (Å²) in [4.78, 5) is 37.2. The summed E-state index contributed by atoms with van der Waals surface area (Å²) in [6.07, 6.45) is 0.745. The zero-order valence-corrected chi connectivity index (χ0v) is 15.0. The standard InChI is InChI=1S/C18H20N4O4/c1-5-9(2)20-13-14(17(25)16(13)24)21-12-7-10(8-19)6-11(15(12)23)18(26)22(3)4/h6-7,9,20-21,23H,5H2,1-4H3/t9-/m1/s1. The van der Waals surface area contributed by atoms with E-state index in [1.54, 1.807) is 0 Å². The van der Waals surface area contributed by atoms with Gasteiger partial charge in [-0.15, -0.1) is 0 Å². The number of hydrogen-bond acceptors (Lipinski definition) is 7. The molecule has 8 nitrogen and oxygen atoms in total. The topological polar surface area (TPSA) is 123 Å². The molecule has 0 unspecified atom stereocenters. The van der Waals surface area contributed by atoms with E-state index >= 15 is 0 Å². The average Bonchev–Trinajstić information content (AvgIpc) is 2.64. The lowest BCUT2D eigenvalue weighted by Crippen LogP contribution is -2.38. The van der Waals surface area contributed by atoms with Gasteiger partial charge < -0.3 is 20.6 Å². The van der Waals surface area contributed by atoms with Crippen molar-refractivity contribution in [3.8, 4) is 11.8 Å². The smallest absolute Gasteiger partial charge is 0.257 e. The van der Waals surface area contributed by atoms with Gasteiger partial charge in [0.15, 0.2) is 5.75 Å². The second kappa shape index (κ2) is 7.27. The summed E-state index contributed by atoms with van der Waals surface area (Å²) in [6.45, 7) is 3.79. The molecule has 0 heterocycles. The molecule has 0 aliphatic carbocycles. The number of anilines is 3. The number of benzene rings is 1. The second-order valence-electron chi connectivity index (χ2n) is 6.22. The van der Waals surface area contributed by atoms with Crippen LogP contribution in [0.3, 0.4) is 0 Å². The van der Waals surface area contributed by atoms with Crippen LogP contribution in [0.1, 0.15) is 36.2 Å². The first-order valence-electron chi connectivity index (χ1n) is 8.06. The minimum atomic E-state index is -0.724. The fourth-order valence-electron chi connectivity index (χ4n) is 2.33. The summed E-state index contributed by atoms with van der Waals surface area (Å²) < 4.78 is 0. The maximum absolute atomic E-state index is 12.2. The van der Waals surface area contributed by atoms with E-state index in [9.17, 15) is 24.8 Å². The van der Waals surface area contributed by atoms with Crippen molar-refractivity contribution in [3.05, 3.63) is 43.7 Å². The monoisotopic (exact) mass is 356 g/mol. The van der Waals surface area contributed by atoms with E-state index in [1.165, 1.54) is 31.1 Å². The van der Waals surface area contributed by atoms with Gasteiger partial charge in [0, 0.05) is 20.1 Å². The predicted octanol–water partition coefficient (Wildman–Crippen LogP) is 1.52. The van der Waals surface area contributed by atoms with E-state index in [0.717, 1.165) is 6.42 Å². The average molecular weight is 356 g/mol. The lowest BCUT2D eigenvalue weighted by atomic mass is 10.1. The highest BCUT2D eigenvalue weighted by atomic mass is 16.3. The molecule has 0 saturated heterocycles.